The number of aryl methyl sites for hydroxylation is 2. The lowest BCUT2D eigenvalue weighted by atomic mass is 9.98. The van der Waals surface area contributed by atoms with Gasteiger partial charge in [-0.3, -0.25) is 14.4 Å². The van der Waals surface area contributed by atoms with Gasteiger partial charge in [0.15, 0.2) is 0 Å². The van der Waals surface area contributed by atoms with Gasteiger partial charge in [-0.25, -0.2) is 0 Å². The maximum Gasteiger partial charge on any atom is 0.239 e. The fourth-order valence-corrected chi connectivity index (χ4v) is 4.08. The molecule has 1 aromatic carbocycles. The third-order valence-electron chi connectivity index (χ3n) is 5.63. The Morgan fingerprint density at radius 1 is 1.20 bits per heavy atom. The van der Waals surface area contributed by atoms with Gasteiger partial charge in [-0.2, -0.15) is 5.10 Å². The van der Waals surface area contributed by atoms with E-state index in [4.69, 9.17) is 0 Å². The molecule has 0 spiro atoms. The predicted molar refractivity (Wildman–Crippen MR) is 97.3 cm³/mol. The summed E-state index contributed by atoms with van der Waals surface area (Å²) < 4.78 is 2.11. The summed E-state index contributed by atoms with van der Waals surface area (Å²) in [6, 6.07) is 10.9. The van der Waals surface area contributed by atoms with Crippen LogP contribution in [0.15, 0.2) is 30.3 Å². The fourth-order valence-electron chi connectivity index (χ4n) is 4.08. The molecule has 1 amide bonds. The quantitative estimate of drug-likeness (QED) is 0.862. The van der Waals surface area contributed by atoms with Crippen LogP contribution >= 0.6 is 0 Å². The zero-order chi connectivity index (χ0) is 17.6. The normalized spacial score (nSPS) is 19.4. The molecule has 0 N–H and O–H groups in total. The largest absolute Gasteiger partial charge is 0.337 e. The number of likely N-dealkylation sites (tertiary alicyclic amines) is 1. The van der Waals surface area contributed by atoms with Crippen LogP contribution in [0.5, 0.6) is 0 Å². The Balaban J connectivity index is 1.37. The zero-order valence-corrected chi connectivity index (χ0v) is 15.3. The highest BCUT2D eigenvalue weighted by atomic mass is 16.2. The Labute approximate surface area is 149 Å². The second kappa shape index (κ2) is 6.30. The van der Waals surface area contributed by atoms with Crippen LogP contribution in [-0.4, -0.2) is 51.2 Å². The van der Waals surface area contributed by atoms with Crippen LogP contribution in [0.4, 0.5) is 0 Å². The molecule has 4 rings (SSSR count). The summed E-state index contributed by atoms with van der Waals surface area (Å²) in [4.78, 5) is 17.2. The number of fused-ring (bicyclic) bond motifs is 1. The van der Waals surface area contributed by atoms with Crippen molar-refractivity contribution in [2.45, 2.75) is 45.8 Å². The van der Waals surface area contributed by atoms with Gasteiger partial charge in [-0.1, -0.05) is 24.3 Å². The van der Waals surface area contributed by atoms with E-state index >= 15 is 0 Å². The highest BCUT2D eigenvalue weighted by Gasteiger charge is 2.37. The Morgan fingerprint density at radius 3 is 2.60 bits per heavy atom. The van der Waals surface area contributed by atoms with E-state index in [-0.39, 0.29) is 11.9 Å². The number of amides is 1. The molecule has 0 aliphatic carbocycles. The molecule has 5 nitrogen and oxygen atoms in total. The summed E-state index contributed by atoms with van der Waals surface area (Å²) in [7, 11) is 0. The highest BCUT2D eigenvalue weighted by molar-refractivity contribution is 5.82. The summed E-state index contributed by atoms with van der Waals surface area (Å²) in [6.07, 6.45) is 0.961. The van der Waals surface area contributed by atoms with Gasteiger partial charge in [-0.15, -0.1) is 0 Å². The minimum Gasteiger partial charge on any atom is -0.337 e. The Bertz CT molecular complexity index is 791. The summed E-state index contributed by atoms with van der Waals surface area (Å²) in [6.45, 7) is 9.55. The van der Waals surface area contributed by atoms with E-state index in [1.807, 2.05) is 18.7 Å². The molecule has 1 fully saturated rings. The molecule has 3 heterocycles. The maximum atomic E-state index is 12.9. The van der Waals surface area contributed by atoms with Crippen molar-refractivity contribution in [3.8, 4) is 0 Å². The molecule has 1 atom stereocenters. The van der Waals surface area contributed by atoms with E-state index in [9.17, 15) is 4.79 Å². The van der Waals surface area contributed by atoms with Crippen molar-refractivity contribution in [2.24, 2.45) is 0 Å². The molecular formula is C20H26N4O. The van der Waals surface area contributed by atoms with Crippen molar-refractivity contribution >= 4 is 5.91 Å². The number of hydrogen-bond acceptors (Lipinski definition) is 3. The molecule has 2 aliphatic rings. The smallest absolute Gasteiger partial charge is 0.239 e. The first-order chi connectivity index (χ1) is 12.0. The van der Waals surface area contributed by atoms with Gasteiger partial charge >= 0.3 is 0 Å². The van der Waals surface area contributed by atoms with Crippen LogP contribution in [0.1, 0.15) is 35.5 Å². The van der Waals surface area contributed by atoms with Crippen LogP contribution in [0.3, 0.4) is 0 Å². The summed E-state index contributed by atoms with van der Waals surface area (Å²) >= 11 is 0. The maximum absolute atomic E-state index is 12.9. The van der Waals surface area contributed by atoms with E-state index in [1.165, 1.54) is 16.8 Å². The van der Waals surface area contributed by atoms with Crippen LogP contribution in [0.2, 0.25) is 0 Å². The fraction of sp³-hybridized carbons (Fsp3) is 0.500. The van der Waals surface area contributed by atoms with Crippen molar-refractivity contribution < 1.29 is 4.79 Å². The minimum atomic E-state index is -0.0570. The molecule has 132 valence electrons. The topological polar surface area (TPSA) is 41.4 Å². The third kappa shape index (κ3) is 2.97. The van der Waals surface area contributed by atoms with Gasteiger partial charge in [0.05, 0.1) is 17.8 Å². The lowest BCUT2D eigenvalue weighted by Crippen LogP contribution is -2.57. The molecule has 1 aromatic heterocycles. The zero-order valence-electron chi connectivity index (χ0n) is 15.3. The number of carbonyl (C=O) groups excluding carboxylic acids is 1. The number of nitrogens with zero attached hydrogens (tertiary/aromatic N) is 4. The van der Waals surface area contributed by atoms with Gasteiger partial charge in [-0.05, 0) is 44.4 Å². The number of benzene rings is 1. The second-order valence-corrected chi connectivity index (χ2v) is 7.43. The molecule has 2 aliphatic heterocycles. The van der Waals surface area contributed by atoms with E-state index in [2.05, 4.69) is 51.9 Å². The summed E-state index contributed by atoms with van der Waals surface area (Å²) in [5.74, 6) is 0.251. The van der Waals surface area contributed by atoms with Gasteiger partial charge in [0.2, 0.25) is 5.91 Å². The molecule has 1 unspecified atom stereocenters. The predicted octanol–water partition coefficient (Wildman–Crippen LogP) is 2.33. The van der Waals surface area contributed by atoms with Crippen molar-refractivity contribution in [3.05, 3.63) is 52.8 Å². The first-order valence-corrected chi connectivity index (χ1v) is 9.15. The second-order valence-electron chi connectivity index (χ2n) is 7.43. The minimum absolute atomic E-state index is 0.0570. The Hall–Kier alpha value is -2.14. The van der Waals surface area contributed by atoms with Gasteiger partial charge in [0.1, 0.15) is 0 Å². The number of carbonyl (C=O) groups is 1. The van der Waals surface area contributed by atoms with Gasteiger partial charge in [0.25, 0.3) is 0 Å². The van der Waals surface area contributed by atoms with Crippen LogP contribution in [-0.2, 0) is 17.8 Å². The van der Waals surface area contributed by atoms with Crippen LogP contribution in [0, 0.1) is 13.8 Å². The van der Waals surface area contributed by atoms with Gasteiger partial charge < -0.3 is 4.90 Å². The third-order valence-corrected chi connectivity index (χ3v) is 5.63. The van der Waals surface area contributed by atoms with E-state index < -0.39 is 0 Å². The molecular weight excluding hydrogens is 312 g/mol. The lowest BCUT2D eigenvalue weighted by Gasteiger charge is -2.44. The summed E-state index contributed by atoms with van der Waals surface area (Å²) in [5.41, 5.74) is 4.94. The van der Waals surface area contributed by atoms with Crippen molar-refractivity contribution in [2.75, 3.05) is 19.6 Å². The van der Waals surface area contributed by atoms with Crippen molar-refractivity contribution in [1.29, 1.82) is 0 Å². The summed E-state index contributed by atoms with van der Waals surface area (Å²) in [5, 5.41) is 4.58. The number of rotatable bonds is 3. The number of hydrogen-bond donors (Lipinski definition) is 0. The van der Waals surface area contributed by atoms with Gasteiger partial charge in [0, 0.05) is 31.9 Å². The monoisotopic (exact) mass is 338 g/mol. The average molecular weight is 338 g/mol. The van der Waals surface area contributed by atoms with Crippen molar-refractivity contribution in [3.63, 3.8) is 0 Å². The van der Waals surface area contributed by atoms with E-state index in [1.54, 1.807) is 0 Å². The van der Waals surface area contributed by atoms with E-state index in [0.29, 0.717) is 6.04 Å². The molecule has 5 heteroatoms. The SMILES string of the molecule is Cc1cc(C)n(C2CN(C(C)C(=O)N3CCc4ccccc4C3)C2)n1. The molecule has 0 saturated carbocycles. The first-order valence-electron chi connectivity index (χ1n) is 9.15. The van der Waals surface area contributed by atoms with E-state index in [0.717, 1.165) is 38.3 Å². The Kier molecular flexibility index (Phi) is 4.12. The molecule has 2 aromatic rings. The average Bonchev–Trinajstić information content (AvgIpc) is 2.90. The molecule has 25 heavy (non-hydrogen) atoms. The van der Waals surface area contributed by atoms with Crippen molar-refractivity contribution in [1.82, 2.24) is 19.6 Å². The molecule has 0 radical (unpaired) electrons. The first kappa shape index (κ1) is 16.3. The highest BCUT2D eigenvalue weighted by Crippen LogP contribution is 2.26. The van der Waals surface area contributed by atoms with Crippen LogP contribution < -0.4 is 0 Å². The Morgan fingerprint density at radius 2 is 1.92 bits per heavy atom. The molecule has 0 bridgehead atoms. The van der Waals surface area contributed by atoms with Crippen LogP contribution in [0.25, 0.3) is 0 Å². The standard InChI is InChI=1S/C20H26N4O/c1-14-10-15(2)24(21-14)19-12-23(13-19)16(3)20(25)22-9-8-17-6-4-5-7-18(17)11-22/h4-7,10,16,19H,8-9,11-13H2,1-3H3. The lowest BCUT2D eigenvalue weighted by molar-refractivity contribution is -0.140. The molecule has 1 saturated heterocycles. The number of aromatic nitrogens is 2.